The van der Waals surface area contributed by atoms with E-state index < -0.39 is 23.9 Å². The minimum atomic E-state index is -0.658. The van der Waals surface area contributed by atoms with Crippen LogP contribution in [-0.2, 0) is 25.6 Å². The smallest absolute Gasteiger partial charge is 0.373 e. The van der Waals surface area contributed by atoms with Gasteiger partial charge in [0.1, 0.15) is 17.2 Å². The Labute approximate surface area is 177 Å². The fourth-order valence-electron chi connectivity index (χ4n) is 2.75. The fraction of sp³-hybridized carbons (Fsp3) is 0.238. The SMILES string of the molecule is CCOC(=O)COc1cccc(C=C2NC(=O)N(Cc3ccc(C(=O)OC)o3)C2=O)c1. The summed E-state index contributed by atoms with van der Waals surface area (Å²) in [6.07, 6.45) is 1.49. The second kappa shape index (κ2) is 9.61. The molecule has 1 aromatic heterocycles. The number of amides is 3. The number of methoxy groups -OCH3 is 1. The molecule has 2 heterocycles. The lowest BCUT2D eigenvalue weighted by atomic mass is 10.2. The van der Waals surface area contributed by atoms with E-state index in [2.05, 4.69) is 10.1 Å². The van der Waals surface area contributed by atoms with Gasteiger partial charge < -0.3 is 23.9 Å². The average Bonchev–Trinajstić information content (AvgIpc) is 3.33. The van der Waals surface area contributed by atoms with E-state index in [0.717, 1.165) is 4.90 Å². The Morgan fingerprint density at radius 3 is 2.74 bits per heavy atom. The van der Waals surface area contributed by atoms with Gasteiger partial charge in [-0.05, 0) is 42.8 Å². The summed E-state index contributed by atoms with van der Waals surface area (Å²) < 4.78 is 20.0. The first kappa shape index (κ1) is 21.6. The van der Waals surface area contributed by atoms with Crippen LogP contribution in [0.4, 0.5) is 4.79 Å². The molecular weight excluding hydrogens is 408 g/mol. The number of nitrogens with one attached hydrogen (secondary N) is 1. The Balaban J connectivity index is 1.68. The van der Waals surface area contributed by atoms with E-state index in [9.17, 15) is 19.2 Å². The van der Waals surface area contributed by atoms with Gasteiger partial charge in [-0.1, -0.05) is 12.1 Å². The van der Waals surface area contributed by atoms with Crippen LogP contribution in [0, 0.1) is 0 Å². The van der Waals surface area contributed by atoms with Crippen LogP contribution in [0.3, 0.4) is 0 Å². The number of imide groups is 1. The summed E-state index contributed by atoms with van der Waals surface area (Å²) in [4.78, 5) is 48.7. The highest BCUT2D eigenvalue weighted by atomic mass is 16.6. The Morgan fingerprint density at radius 1 is 1.19 bits per heavy atom. The number of nitrogens with zero attached hydrogens (tertiary/aromatic N) is 1. The highest BCUT2D eigenvalue weighted by molar-refractivity contribution is 6.13. The number of carbonyl (C=O) groups is 4. The molecule has 1 aromatic carbocycles. The Morgan fingerprint density at radius 2 is 2.00 bits per heavy atom. The molecule has 162 valence electrons. The number of urea groups is 1. The van der Waals surface area contributed by atoms with Crippen molar-refractivity contribution in [3.8, 4) is 5.75 Å². The lowest BCUT2D eigenvalue weighted by molar-refractivity contribution is -0.145. The van der Waals surface area contributed by atoms with E-state index in [0.29, 0.717) is 11.3 Å². The number of carbonyl (C=O) groups excluding carboxylic acids is 4. The monoisotopic (exact) mass is 428 g/mol. The highest BCUT2D eigenvalue weighted by Crippen LogP contribution is 2.20. The third-order valence-corrected chi connectivity index (χ3v) is 4.16. The van der Waals surface area contributed by atoms with Gasteiger partial charge in [-0.25, -0.2) is 14.4 Å². The summed E-state index contributed by atoms with van der Waals surface area (Å²) in [6, 6.07) is 8.92. The standard InChI is InChI=1S/C21H20N2O8/c1-3-29-18(24)12-30-14-6-4-5-13(9-14)10-16-19(25)23(21(27)22-16)11-15-7-8-17(31-15)20(26)28-2/h4-10H,3,11-12H2,1-2H3,(H,22,27). The molecule has 0 atom stereocenters. The molecule has 31 heavy (non-hydrogen) atoms. The van der Waals surface area contributed by atoms with Gasteiger partial charge in [-0.15, -0.1) is 0 Å². The zero-order valence-corrected chi connectivity index (χ0v) is 16.9. The quantitative estimate of drug-likeness (QED) is 0.385. The molecular formula is C21H20N2O8. The van der Waals surface area contributed by atoms with Gasteiger partial charge in [0, 0.05) is 0 Å². The van der Waals surface area contributed by atoms with Crippen molar-refractivity contribution in [3.63, 3.8) is 0 Å². The van der Waals surface area contributed by atoms with E-state index >= 15 is 0 Å². The zero-order valence-electron chi connectivity index (χ0n) is 16.9. The predicted molar refractivity (Wildman–Crippen MR) is 106 cm³/mol. The van der Waals surface area contributed by atoms with E-state index in [4.69, 9.17) is 13.9 Å². The summed E-state index contributed by atoms with van der Waals surface area (Å²) >= 11 is 0. The van der Waals surface area contributed by atoms with Crippen molar-refractivity contribution in [3.05, 3.63) is 59.2 Å². The van der Waals surface area contributed by atoms with Crippen molar-refractivity contribution in [1.82, 2.24) is 10.2 Å². The molecule has 3 amide bonds. The molecule has 0 spiro atoms. The molecule has 2 aromatic rings. The lowest BCUT2D eigenvalue weighted by Crippen LogP contribution is -2.30. The van der Waals surface area contributed by atoms with Crippen molar-refractivity contribution in [1.29, 1.82) is 0 Å². The normalized spacial score (nSPS) is 14.5. The van der Waals surface area contributed by atoms with Crippen molar-refractivity contribution in [2.24, 2.45) is 0 Å². The summed E-state index contributed by atoms with van der Waals surface area (Å²) in [5.41, 5.74) is 0.644. The van der Waals surface area contributed by atoms with E-state index in [1.807, 2.05) is 0 Å². The second-order valence-electron chi connectivity index (χ2n) is 6.30. The molecule has 1 N–H and O–H groups in total. The summed E-state index contributed by atoms with van der Waals surface area (Å²) in [5, 5.41) is 2.50. The van der Waals surface area contributed by atoms with Crippen LogP contribution in [0.15, 0.2) is 46.5 Å². The predicted octanol–water partition coefficient (Wildman–Crippen LogP) is 2.10. The minimum Gasteiger partial charge on any atom is -0.482 e. The summed E-state index contributed by atoms with van der Waals surface area (Å²) in [5.74, 6) is -1.08. The molecule has 0 unspecified atom stereocenters. The molecule has 1 fully saturated rings. The van der Waals surface area contributed by atoms with Crippen LogP contribution in [-0.4, -0.2) is 49.1 Å². The minimum absolute atomic E-state index is 0.0278. The molecule has 1 saturated heterocycles. The zero-order chi connectivity index (χ0) is 22.4. The third-order valence-electron chi connectivity index (χ3n) is 4.16. The van der Waals surface area contributed by atoms with Crippen LogP contribution in [0.25, 0.3) is 6.08 Å². The molecule has 0 bridgehead atoms. The largest absolute Gasteiger partial charge is 0.482 e. The Bertz CT molecular complexity index is 1040. The first-order chi connectivity index (χ1) is 14.9. The van der Waals surface area contributed by atoms with Gasteiger partial charge in [0.05, 0.1) is 20.3 Å². The molecule has 0 aliphatic carbocycles. The number of ether oxygens (including phenoxy) is 3. The number of esters is 2. The maximum Gasteiger partial charge on any atom is 0.373 e. The van der Waals surface area contributed by atoms with Crippen LogP contribution >= 0.6 is 0 Å². The van der Waals surface area contributed by atoms with E-state index in [1.54, 1.807) is 31.2 Å². The molecule has 10 nitrogen and oxygen atoms in total. The molecule has 1 aliphatic rings. The molecule has 3 rings (SSSR count). The third kappa shape index (κ3) is 5.30. The van der Waals surface area contributed by atoms with Gasteiger partial charge >= 0.3 is 18.0 Å². The molecule has 0 saturated carbocycles. The van der Waals surface area contributed by atoms with Crippen molar-refractivity contribution >= 4 is 30.0 Å². The summed E-state index contributed by atoms with van der Waals surface area (Å²) in [6.45, 7) is 1.56. The first-order valence-corrected chi connectivity index (χ1v) is 9.31. The molecule has 1 aliphatic heterocycles. The van der Waals surface area contributed by atoms with Gasteiger partial charge in [-0.3, -0.25) is 9.69 Å². The maximum atomic E-state index is 12.6. The Kier molecular flexibility index (Phi) is 6.71. The Hall–Kier alpha value is -4.08. The molecule has 10 heteroatoms. The van der Waals surface area contributed by atoms with Gasteiger partial charge in [0.2, 0.25) is 5.76 Å². The van der Waals surface area contributed by atoms with Crippen LogP contribution in [0.5, 0.6) is 5.75 Å². The van der Waals surface area contributed by atoms with Crippen molar-refractivity contribution < 1.29 is 37.8 Å². The topological polar surface area (TPSA) is 124 Å². The van der Waals surface area contributed by atoms with Crippen LogP contribution in [0.2, 0.25) is 0 Å². The van der Waals surface area contributed by atoms with Gasteiger partial charge in [0.25, 0.3) is 5.91 Å². The van der Waals surface area contributed by atoms with Gasteiger partial charge in [0.15, 0.2) is 6.61 Å². The van der Waals surface area contributed by atoms with Crippen molar-refractivity contribution in [2.45, 2.75) is 13.5 Å². The number of hydrogen-bond donors (Lipinski definition) is 1. The van der Waals surface area contributed by atoms with Crippen LogP contribution < -0.4 is 10.1 Å². The van der Waals surface area contributed by atoms with E-state index in [-0.39, 0.29) is 37.0 Å². The maximum absolute atomic E-state index is 12.6. The number of hydrogen-bond acceptors (Lipinski definition) is 8. The van der Waals surface area contributed by atoms with E-state index in [1.165, 1.54) is 25.3 Å². The molecule has 0 radical (unpaired) electrons. The van der Waals surface area contributed by atoms with Crippen LogP contribution in [0.1, 0.15) is 28.8 Å². The number of rotatable bonds is 8. The number of furan rings is 1. The number of benzene rings is 1. The van der Waals surface area contributed by atoms with Crippen molar-refractivity contribution in [2.75, 3.05) is 20.3 Å². The lowest BCUT2D eigenvalue weighted by Gasteiger charge is -2.09. The summed E-state index contributed by atoms with van der Waals surface area (Å²) in [7, 11) is 1.22. The fourth-order valence-corrected chi connectivity index (χ4v) is 2.75. The average molecular weight is 428 g/mol. The first-order valence-electron chi connectivity index (χ1n) is 9.31. The van der Waals surface area contributed by atoms with Gasteiger partial charge in [-0.2, -0.15) is 0 Å². The highest BCUT2D eigenvalue weighted by Gasteiger charge is 2.34. The second-order valence-corrected chi connectivity index (χ2v) is 6.30.